The van der Waals surface area contributed by atoms with Crippen molar-refractivity contribution in [2.45, 2.75) is 37.6 Å². The monoisotopic (exact) mass is 367 g/mol. The van der Waals surface area contributed by atoms with Gasteiger partial charge in [0, 0.05) is 22.9 Å². The Labute approximate surface area is 129 Å². The Kier molecular flexibility index (Phi) is 6.80. The van der Waals surface area contributed by atoms with Crippen molar-refractivity contribution in [2.24, 2.45) is 0 Å². The zero-order valence-corrected chi connectivity index (χ0v) is 14.3. The van der Waals surface area contributed by atoms with Gasteiger partial charge in [0.2, 0.25) is 10.0 Å². The van der Waals surface area contributed by atoms with Gasteiger partial charge in [-0.15, -0.1) is 11.6 Å². The summed E-state index contributed by atoms with van der Waals surface area (Å²) in [5, 5.41) is 0. The van der Waals surface area contributed by atoms with Crippen LogP contribution in [0.1, 0.15) is 26.7 Å². The Bertz CT molecular complexity index is 503. The van der Waals surface area contributed by atoms with Gasteiger partial charge in [0.05, 0.1) is 4.90 Å². The molecule has 1 aromatic rings. The van der Waals surface area contributed by atoms with Crippen molar-refractivity contribution in [3.8, 4) is 0 Å². The van der Waals surface area contributed by atoms with E-state index in [1.54, 1.807) is 18.2 Å². The maximum Gasteiger partial charge on any atom is 0.243 e. The maximum atomic E-state index is 12.7. The molecule has 0 heterocycles. The highest BCUT2D eigenvalue weighted by Crippen LogP contribution is 2.23. The lowest BCUT2D eigenvalue weighted by molar-refractivity contribution is 0.316. The van der Waals surface area contributed by atoms with Crippen LogP contribution in [0.15, 0.2) is 33.6 Å². The molecule has 0 aliphatic rings. The van der Waals surface area contributed by atoms with E-state index in [1.807, 2.05) is 19.9 Å². The summed E-state index contributed by atoms with van der Waals surface area (Å²) in [5.41, 5.74) is 0. The Morgan fingerprint density at radius 3 is 2.42 bits per heavy atom. The lowest BCUT2D eigenvalue weighted by Crippen LogP contribution is -2.40. The Morgan fingerprint density at radius 1 is 1.32 bits per heavy atom. The highest BCUT2D eigenvalue weighted by molar-refractivity contribution is 9.10. The van der Waals surface area contributed by atoms with Gasteiger partial charge in [0.25, 0.3) is 0 Å². The summed E-state index contributed by atoms with van der Waals surface area (Å²) in [6.07, 6.45) is 1.56. The molecule has 108 valence electrons. The molecule has 19 heavy (non-hydrogen) atoms. The van der Waals surface area contributed by atoms with E-state index >= 15 is 0 Å². The van der Waals surface area contributed by atoms with Crippen LogP contribution >= 0.6 is 27.5 Å². The van der Waals surface area contributed by atoms with Crippen molar-refractivity contribution in [2.75, 3.05) is 12.4 Å². The molecule has 0 spiro atoms. The van der Waals surface area contributed by atoms with Gasteiger partial charge in [-0.3, -0.25) is 0 Å². The van der Waals surface area contributed by atoms with Gasteiger partial charge < -0.3 is 0 Å². The zero-order valence-electron chi connectivity index (χ0n) is 11.1. The van der Waals surface area contributed by atoms with Crippen LogP contribution < -0.4 is 0 Å². The predicted octanol–water partition coefficient (Wildman–Crippen LogP) is 3.87. The first kappa shape index (κ1) is 17.0. The summed E-state index contributed by atoms with van der Waals surface area (Å²) in [4.78, 5) is 0.305. The summed E-state index contributed by atoms with van der Waals surface area (Å²) in [7, 11) is -3.49. The second kappa shape index (κ2) is 7.62. The van der Waals surface area contributed by atoms with E-state index in [-0.39, 0.29) is 6.04 Å². The molecular weight excluding hydrogens is 350 g/mol. The lowest BCUT2D eigenvalue weighted by atomic mass is 10.2. The Hall–Kier alpha value is -0.100. The summed E-state index contributed by atoms with van der Waals surface area (Å²) >= 11 is 9.07. The minimum atomic E-state index is -3.49. The topological polar surface area (TPSA) is 37.4 Å². The number of halogens is 2. The number of hydrogen-bond acceptors (Lipinski definition) is 2. The fourth-order valence-corrected chi connectivity index (χ4v) is 4.69. The number of hydrogen-bond donors (Lipinski definition) is 0. The zero-order chi connectivity index (χ0) is 14.5. The molecule has 3 nitrogen and oxygen atoms in total. The Morgan fingerprint density at radius 2 is 1.95 bits per heavy atom. The molecule has 0 fully saturated rings. The molecule has 1 aromatic carbocycles. The first-order valence-corrected chi connectivity index (χ1v) is 9.07. The minimum Gasteiger partial charge on any atom is -0.207 e. The summed E-state index contributed by atoms with van der Waals surface area (Å²) in [5.74, 6) is 0.295. The molecule has 0 atom stereocenters. The van der Waals surface area contributed by atoms with Crippen LogP contribution in [0.4, 0.5) is 0 Å². The molecule has 0 amide bonds. The highest BCUT2D eigenvalue weighted by atomic mass is 79.9. The van der Waals surface area contributed by atoms with E-state index in [1.165, 1.54) is 4.31 Å². The van der Waals surface area contributed by atoms with Crippen molar-refractivity contribution in [3.63, 3.8) is 0 Å². The third kappa shape index (κ3) is 4.18. The average Bonchev–Trinajstić information content (AvgIpc) is 2.39. The second-order valence-electron chi connectivity index (χ2n) is 4.23. The number of nitrogens with zero attached hydrogens (tertiary/aromatic N) is 1. The number of alkyl halides is 1. The van der Waals surface area contributed by atoms with Crippen LogP contribution in [0.2, 0.25) is 0 Å². The largest absolute Gasteiger partial charge is 0.243 e. The van der Waals surface area contributed by atoms with Gasteiger partial charge in [-0.1, -0.05) is 35.8 Å². The third-order valence-electron chi connectivity index (χ3n) is 3.06. The molecule has 0 saturated heterocycles. The number of rotatable bonds is 7. The van der Waals surface area contributed by atoms with Crippen LogP contribution in [-0.2, 0) is 10.0 Å². The van der Waals surface area contributed by atoms with E-state index in [2.05, 4.69) is 15.9 Å². The molecular formula is C13H19BrClNO2S. The molecule has 0 N–H and O–H groups in total. The van der Waals surface area contributed by atoms with Gasteiger partial charge in [0.1, 0.15) is 0 Å². The molecule has 0 saturated carbocycles. The van der Waals surface area contributed by atoms with Crippen LogP contribution in [0, 0.1) is 0 Å². The van der Waals surface area contributed by atoms with Gasteiger partial charge in [-0.05, 0) is 31.0 Å². The van der Waals surface area contributed by atoms with Crippen LogP contribution in [-0.4, -0.2) is 31.2 Å². The summed E-state index contributed by atoms with van der Waals surface area (Å²) in [6.45, 7) is 4.32. The van der Waals surface area contributed by atoms with E-state index < -0.39 is 10.0 Å². The van der Waals surface area contributed by atoms with Crippen molar-refractivity contribution in [1.82, 2.24) is 4.31 Å². The molecule has 0 radical (unpaired) electrons. The summed E-state index contributed by atoms with van der Waals surface area (Å²) in [6, 6.07) is 6.76. The van der Waals surface area contributed by atoms with Crippen molar-refractivity contribution >= 4 is 37.6 Å². The quantitative estimate of drug-likeness (QED) is 0.685. The molecule has 0 aliphatic heterocycles. The Balaban J connectivity index is 3.19. The highest BCUT2D eigenvalue weighted by Gasteiger charge is 2.29. The van der Waals surface area contributed by atoms with Gasteiger partial charge in [0.15, 0.2) is 0 Å². The van der Waals surface area contributed by atoms with E-state index in [9.17, 15) is 8.42 Å². The average molecular weight is 369 g/mol. The third-order valence-corrected chi connectivity index (χ3v) is 5.67. The molecule has 6 heteroatoms. The fourth-order valence-electron chi connectivity index (χ4n) is 2.04. The van der Waals surface area contributed by atoms with Crippen molar-refractivity contribution in [3.05, 3.63) is 28.7 Å². The lowest BCUT2D eigenvalue weighted by Gasteiger charge is -2.29. The van der Waals surface area contributed by atoms with Gasteiger partial charge >= 0.3 is 0 Å². The van der Waals surface area contributed by atoms with E-state index in [0.717, 1.165) is 17.3 Å². The van der Waals surface area contributed by atoms with E-state index in [0.29, 0.717) is 17.3 Å². The van der Waals surface area contributed by atoms with Crippen LogP contribution in [0.5, 0.6) is 0 Å². The van der Waals surface area contributed by atoms with Crippen molar-refractivity contribution in [1.29, 1.82) is 0 Å². The van der Waals surface area contributed by atoms with Crippen molar-refractivity contribution < 1.29 is 8.42 Å². The number of benzene rings is 1. The molecule has 0 unspecified atom stereocenters. The van der Waals surface area contributed by atoms with E-state index in [4.69, 9.17) is 11.6 Å². The van der Waals surface area contributed by atoms with Crippen LogP contribution in [0.3, 0.4) is 0 Å². The smallest absolute Gasteiger partial charge is 0.207 e. The predicted molar refractivity (Wildman–Crippen MR) is 83.1 cm³/mol. The van der Waals surface area contributed by atoms with Gasteiger partial charge in [-0.25, -0.2) is 8.42 Å². The standard InChI is InChI=1S/C13H19BrClNO2S/c1-3-12(4-2)16(9-8-15)19(17,18)13-7-5-6-11(14)10-13/h5-7,10,12H,3-4,8-9H2,1-2H3. The number of sulfonamides is 1. The molecule has 1 rings (SSSR count). The normalized spacial score (nSPS) is 12.3. The summed E-state index contributed by atoms with van der Waals surface area (Å²) < 4.78 is 27.6. The first-order valence-electron chi connectivity index (χ1n) is 6.30. The molecule has 0 aromatic heterocycles. The molecule has 0 aliphatic carbocycles. The van der Waals surface area contributed by atoms with Gasteiger partial charge in [-0.2, -0.15) is 4.31 Å². The second-order valence-corrected chi connectivity index (χ2v) is 7.42. The first-order chi connectivity index (χ1) is 8.97. The minimum absolute atomic E-state index is 0.0114. The maximum absolute atomic E-state index is 12.7. The SMILES string of the molecule is CCC(CC)N(CCCl)S(=O)(=O)c1cccc(Br)c1. The fraction of sp³-hybridized carbons (Fsp3) is 0.538. The van der Waals surface area contributed by atoms with Crippen LogP contribution in [0.25, 0.3) is 0 Å². The molecule has 0 bridgehead atoms.